The Hall–Kier alpha value is -1.03. The minimum Gasteiger partial charge on any atom is -0.311 e. The molecule has 0 saturated heterocycles. The summed E-state index contributed by atoms with van der Waals surface area (Å²) in [6.07, 6.45) is 7.26. The van der Waals surface area contributed by atoms with Crippen LogP contribution in [-0.4, -0.2) is 16.3 Å². The highest BCUT2D eigenvalue weighted by molar-refractivity contribution is 5.21. The Morgan fingerprint density at radius 1 is 1.19 bits per heavy atom. The fourth-order valence-corrected chi connectivity index (χ4v) is 3.04. The van der Waals surface area contributed by atoms with E-state index in [-0.39, 0.29) is 5.56 Å². The van der Waals surface area contributed by atoms with Gasteiger partial charge in [0.15, 0.2) is 0 Å². The third kappa shape index (κ3) is 1.61. The standard InChI is InChI=1S/C12H19N3O/c16-12-10-6-7-13-8-11(10)15(14-12)9-4-2-1-3-5-9/h9,13H,1-8H2,(H,14,16). The number of rotatable bonds is 1. The van der Waals surface area contributed by atoms with Crippen molar-refractivity contribution in [1.29, 1.82) is 0 Å². The number of fused-ring (bicyclic) bond motifs is 1. The van der Waals surface area contributed by atoms with Crippen molar-refractivity contribution in [3.05, 3.63) is 21.6 Å². The summed E-state index contributed by atoms with van der Waals surface area (Å²) >= 11 is 0. The summed E-state index contributed by atoms with van der Waals surface area (Å²) in [6, 6.07) is 0.532. The Kier molecular flexibility index (Phi) is 2.59. The second-order valence-corrected chi connectivity index (χ2v) is 4.95. The van der Waals surface area contributed by atoms with E-state index in [9.17, 15) is 4.79 Å². The van der Waals surface area contributed by atoms with Gasteiger partial charge in [-0.05, 0) is 25.8 Å². The number of hydrogen-bond donors (Lipinski definition) is 2. The minimum absolute atomic E-state index is 0.141. The molecule has 4 nitrogen and oxygen atoms in total. The number of nitrogens with one attached hydrogen (secondary N) is 2. The highest BCUT2D eigenvalue weighted by Crippen LogP contribution is 2.29. The molecule has 0 bridgehead atoms. The number of nitrogens with zero attached hydrogens (tertiary/aromatic N) is 1. The number of H-pyrrole nitrogens is 1. The van der Waals surface area contributed by atoms with Crippen LogP contribution in [0.1, 0.15) is 49.4 Å². The Balaban J connectivity index is 1.97. The summed E-state index contributed by atoms with van der Waals surface area (Å²) in [6.45, 7) is 1.79. The van der Waals surface area contributed by atoms with Gasteiger partial charge in [0.2, 0.25) is 0 Å². The maximum absolute atomic E-state index is 11.8. The summed E-state index contributed by atoms with van der Waals surface area (Å²) in [5, 5.41) is 6.40. The molecule has 3 rings (SSSR count). The molecule has 16 heavy (non-hydrogen) atoms. The van der Waals surface area contributed by atoms with Crippen molar-refractivity contribution in [2.24, 2.45) is 0 Å². The third-order valence-electron chi connectivity index (χ3n) is 3.92. The molecule has 1 aliphatic carbocycles. The Bertz CT molecular complexity index is 426. The van der Waals surface area contributed by atoms with E-state index in [2.05, 4.69) is 15.1 Å². The zero-order valence-corrected chi connectivity index (χ0v) is 9.59. The maximum atomic E-state index is 11.8. The van der Waals surface area contributed by atoms with Gasteiger partial charge in [0, 0.05) is 12.1 Å². The summed E-state index contributed by atoms with van der Waals surface area (Å²) in [4.78, 5) is 11.8. The monoisotopic (exact) mass is 221 g/mol. The van der Waals surface area contributed by atoms with E-state index in [0.717, 1.165) is 25.1 Å². The van der Waals surface area contributed by atoms with Crippen LogP contribution < -0.4 is 10.9 Å². The third-order valence-corrected chi connectivity index (χ3v) is 3.92. The summed E-state index contributed by atoms with van der Waals surface area (Å²) in [5.74, 6) is 0. The summed E-state index contributed by atoms with van der Waals surface area (Å²) in [7, 11) is 0. The molecule has 0 aromatic carbocycles. The molecular weight excluding hydrogens is 202 g/mol. The zero-order chi connectivity index (χ0) is 11.0. The van der Waals surface area contributed by atoms with Crippen LogP contribution in [0.5, 0.6) is 0 Å². The van der Waals surface area contributed by atoms with E-state index in [1.54, 1.807) is 0 Å². The molecule has 0 amide bonds. The average molecular weight is 221 g/mol. The van der Waals surface area contributed by atoms with Crippen molar-refractivity contribution in [2.45, 2.75) is 51.1 Å². The van der Waals surface area contributed by atoms with Gasteiger partial charge < -0.3 is 5.32 Å². The van der Waals surface area contributed by atoms with Gasteiger partial charge in [-0.2, -0.15) is 0 Å². The molecule has 1 aromatic rings. The van der Waals surface area contributed by atoms with E-state index in [4.69, 9.17) is 0 Å². The molecule has 1 saturated carbocycles. The first kappa shape index (κ1) is 10.1. The van der Waals surface area contributed by atoms with Crippen molar-refractivity contribution in [2.75, 3.05) is 6.54 Å². The number of hydrogen-bond acceptors (Lipinski definition) is 2. The Labute approximate surface area is 95.0 Å². The Morgan fingerprint density at radius 3 is 2.81 bits per heavy atom. The van der Waals surface area contributed by atoms with Crippen LogP contribution >= 0.6 is 0 Å². The predicted molar refractivity (Wildman–Crippen MR) is 62.6 cm³/mol. The summed E-state index contributed by atoms with van der Waals surface area (Å²) in [5.41, 5.74) is 2.37. The fraction of sp³-hybridized carbons (Fsp3) is 0.750. The van der Waals surface area contributed by atoms with Crippen molar-refractivity contribution < 1.29 is 0 Å². The molecule has 2 heterocycles. The van der Waals surface area contributed by atoms with Crippen molar-refractivity contribution in [3.8, 4) is 0 Å². The Morgan fingerprint density at radius 2 is 2.00 bits per heavy atom. The first-order valence-corrected chi connectivity index (χ1v) is 6.39. The van der Waals surface area contributed by atoms with Crippen LogP contribution in [0.4, 0.5) is 0 Å². The molecule has 2 N–H and O–H groups in total. The minimum atomic E-state index is 0.141. The van der Waals surface area contributed by atoms with Gasteiger partial charge in [-0.25, -0.2) is 0 Å². The van der Waals surface area contributed by atoms with Crippen LogP contribution in [0, 0.1) is 0 Å². The lowest BCUT2D eigenvalue weighted by molar-refractivity contribution is 0.317. The molecule has 88 valence electrons. The normalized spacial score (nSPS) is 22.0. The van der Waals surface area contributed by atoms with E-state index in [1.807, 2.05) is 0 Å². The smallest absolute Gasteiger partial charge is 0.267 e. The van der Waals surface area contributed by atoms with Gasteiger partial charge in [0.1, 0.15) is 0 Å². The van der Waals surface area contributed by atoms with Crippen LogP contribution in [-0.2, 0) is 13.0 Å². The molecule has 2 aliphatic rings. The maximum Gasteiger partial charge on any atom is 0.267 e. The highest BCUT2D eigenvalue weighted by atomic mass is 16.1. The van der Waals surface area contributed by atoms with Gasteiger partial charge in [0.25, 0.3) is 5.56 Å². The molecule has 1 aromatic heterocycles. The lowest BCUT2D eigenvalue weighted by Gasteiger charge is -2.26. The van der Waals surface area contributed by atoms with Gasteiger partial charge >= 0.3 is 0 Å². The van der Waals surface area contributed by atoms with E-state index >= 15 is 0 Å². The van der Waals surface area contributed by atoms with Crippen LogP contribution in [0.15, 0.2) is 4.79 Å². The van der Waals surface area contributed by atoms with E-state index in [0.29, 0.717) is 6.04 Å². The topological polar surface area (TPSA) is 49.8 Å². The molecule has 4 heteroatoms. The molecule has 0 radical (unpaired) electrons. The largest absolute Gasteiger partial charge is 0.311 e. The van der Waals surface area contributed by atoms with E-state index < -0.39 is 0 Å². The van der Waals surface area contributed by atoms with Gasteiger partial charge in [-0.3, -0.25) is 14.6 Å². The van der Waals surface area contributed by atoms with Gasteiger partial charge in [-0.1, -0.05) is 19.3 Å². The summed E-state index contributed by atoms with van der Waals surface area (Å²) < 4.78 is 2.16. The van der Waals surface area contributed by atoms with Crippen molar-refractivity contribution in [1.82, 2.24) is 15.1 Å². The SMILES string of the molecule is O=c1[nH]n(C2CCCCC2)c2c1CCNC2. The van der Waals surface area contributed by atoms with Crippen LogP contribution in [0.2, 0.25) is 0 Å². The molecule has 1 aliphatic heterocycles. The van der Waals surface area contributed by atoms with Gasteiger partial charge in [-0.15, -0.1) is 0 Å². The number of aromatic nitrogens is 2. The van der Waals surface area contributed by atoms with Crippen LogP contribution in [0.3, 0.4) is 0 Å². The predicted octanol–water partition coefficient (Wildman–Crippen LogP) is 1.33. The van der Waals surface area contributed by atoms with Crippen molar-refractivity contribution in [3.63, 3.8) is 0 Å². The molecule has 0 unspecified atom stereocenters. The van der Waals surface area contributed by atoms with Crippen LogP contribution in [0.25, 0.3) is 0 Å². The molecule has 1 fully saturated rings. The lowest BCUT2D eigenvalue weighted by atomic mass is 9.95. The van der Waals surface area contributed by atoms with E-state index in [1.165, 1.54) is 37.8 Å². The van der Waals surface area contributed by atoms with Crippen molar-refractivity contribution >= 4 is 0 Å². The first-order valence-electron chi connectivity index (χ1n) is 6.39. The quantitative estimate of drug-likeness (QED) is 0.751. The number of aromatic amines is 1. The fourth-order valence-electron chi connectivity index (χ4n) is 3.04. The van der Waals surface area contributed by atoms with Gasteiger partial charge in [0.05, 0.1) is 11.7 Å². The first-order chi connectivity index (χ1) is 7.86. The molecule has 0 atom stereocenters. The molecular formula is C12H19N3O. The second kappa shape index (κ2) is 4.09. The lowest BCUT2D eigenvalue weighted by Crippen LogP contribution is -2.28. The highest BCUT2D eigenvalue weighted by Gasteiger charge is 2.23. The molecule has 0 spiro atoms. The zero-order valence-electron chi connectivity index (χ0n) is 9.59. The second-order valence-electron chi connectivity index (χ2n) is 4.95. The average Bonchev–Trinajstić information content (AvgIpc) is 2.69.